The van der Waals surface area contributed by atoms with E-state index in [2.05, 4.69) is 0 Å². The third kappa shape index (κ3) is 1.69. The first-order chi connectivity index (χ1) is 6.65. The van der Waals surface area contributed by atoms with E-state index in [-0.39, 0.29) is 25.2 Å². The Labute approximate surface area is 88.6 Å². The number of Topliss-reactive ketones (excluding diaryl/α,β-unsaturated/α-hetero) is 1. The summed E-state index contributed by atoms with van der Waals surface area (Å²) in [5.74, 6) is -2.53. The maximum atomic E-state index is 13.4. The highest BCUT2D eigenvalue weighted by Crippen LogP contribution is 2.48. The van der Waals surface area contributed by atoms with Crippen molar-refractivity contribution >= 4 is 5.78 Å². The fourth-order valence-electron chi connectivity index (χ4n) is 3.30. The monoisotopic (exact) mass is 217 g/mol. The van der Waals surface area contributed by atoms with Gasteiger partial charge in [0.2, 0.25) is 0 Å². The molecule has 0 spiro atoms. The number of piperidine rings is 1. The summed E-state index contributed by atoms with van der Waals surface area (Å²) in [5, 5.41) is 0. The third-order valence-electron chi connectivity index (χ3n) is 3.62. The molecule has 0 bridgehead atoms. The van der Waals surface area contributed by atoms with Crippen LogP contribution < -0.4 is 0 Å². The number of fused-ring (bicyclic) bond motifs is 1. The second-order valence-corrected chi connectivity index (χ2v) is 5.82. The lowest BCUT2D eigenvalue weighted by atomic mass is 9.79. The fraction of sp³-hybridized carbons (Fsp3) is 0.909. The second-order valence-electron chi connectivity index (χ2n) is 5.82. The number of nitrogens with zero attached hydrogens (tertiary/aromatic N) is 1. The summed E-state index contributed by atoms with van der Waals surface area (Å²) in [6.45, 7) is 5.34. The number of rotatable bonds is 0. The molecule has 0 saturated carbocycles. The molecular weight excluding hydrogens is 200 g/mol. The van der Waals surface area contributed by atoms with Gasteiger partial charge < -0.3 is 0 Å². The standard InChI is InChI=1S/C11H17F2NO/c1-9(2)4-8(15)5-10(3)6-11(12,13)7-14(9)10/h4-7H2,1-3H3. The van der Waals surface area contributed by atoms with E-state index in [1.54, 1.807) is 6.92 Å². The Morgan fingerprint density at radius 1 is 1.20 bits per heavy atom. The maximum Gasteiger partial charge on any atom is 0.262 e. The van der Waals surface area contributed by atoms with Crippen LogP contribution in [0, 0.1) is 0 Å². The van der Waals surface area contributed by atoms with Gasteiger partial charge in [-0.3, -0.25) is 9.69 Å². The van der Waals surface area contributed by atoms with E-state index in [0.717, 1.165) is 0 Å². The summed E-state index contributed by atoms with van der Waals surface area (Å²) in [6, 6.07) is 0. The first-order valence-electron chi connectivity index (χ1n) is 5.32. The molecule has 2 aliphatic heterocycles. The van der Waals surface area contributed by atoms with E-state index in [1.807, 2.05) is 18.7 Å². The van der Waals surface area contributed by atoms with Gasteiger partial charge in [0, 0.05) is 30.3 Å². The molecule has 1 unspecified atom stereocenters. The highest BCUT2D eigenvalue weighted by atomic mass is 19.3. The van der Waals surface area contributed by atoms with Crippen LogP contribution in [0.3, 0.4) is 0 Å². The van der Waals surface area contributed by atoms with Gasteiger partial charge in [-0.05, 0) is 20.8 Å². The van der Waals surface area contributed by atoms with E-state index in [0.29, 0.717) is 6.42 Å². The van der Waals surface area contributed by atoms with E-state index in [1.165, 1.54) is 0 Å². The Hall–Kier alpha value is -0.510. The zero-order valence-corrected chi connectivity index (χ0v) is 9.44. The lowest BCUT2D eigenvalue weighted by molar-refractivity contribution is -0.131. The van der Waals surface area contributed by atoms with E-state index in [4.69, 9.17) is 0 Å². The quantitative estimate of drug-likeness (QED) is 0.620. The molecule has 0 aromatic heterocycles. The number of alkyl halides is 2. The minimum atomic E-state index is -2.64. The lowest BCUT2D eigenvalue weighted by Crippen LogP contribution is -2.58. The SMILES string of the molecule is CC1(C)CC(=O)CC2(C)CC(F)(F)CN12. The Morgan fingerprint density at radius 2 is 1.80 bits per heavy atom. The molecule has 0 aromatic carbocycles. The minimum absolute atomic E-state index is 0.108. The summed E-state index contributed by atoms with van der Waals surface area (Å²) in [6.07, 6.45) is 0.472. The number of hydrogen-bond donors (Lipinski definition) is 0. The van der Waals surface area contributed by atoms with Gasteiger partial charge in [0.25, 0.3) is 5.92 Å². The van der Waals surface area contributed by atoms with Gasteiger partial charge >= 0.3 is 0 Å². The average Bonchev–Trinajstić information content (AvgIpc) is 2.17. The van der Waals surface area contributed by atoms with Crippen molar-refractivity contribution in [1.82, 2.24) is 4.90 Å². The van der Waals surface area contributed by atoms with Crippen LogP contribution in [0.1, 0.15) is 40.0 Å². The zero-order chi connectivity index (χ0) is 11.5. The molecule has 2 fully saturated rings. The Morgan fingerprint density at radius 3 is 2.40 bits per heavy atom. The van der Waals surface area contributed by atoms with Crippen LogP contribution in [-0.4, -0.2) is 34.2 Å². The van der Waals surface area contributed by atoms with Gasteiger partial charge in [0.05, 0.1) is 6.54 Å². The van der Waals surface area contributed by atoms with Crippen molar-refractivity contribution in [2.75, 3.05) is 6.54 Å². The van der Waals surface area contributed by atoms with Crippen molar-refractivity contribution in [1.29, 1.82) is 0 Å². The van der Waals surface area contributed by atoms with E-state index in [9.17, 15) is 13.6 Å². The minimum Gasteiger partial charge on any atom is -0.300 e. The van der Waals surface area contributed by atoms with Crippen LogP contribution in [0.5, 0.6) is 0 Å². The molecule has 2 nitrogen and oxygen atoms in total. The summed E-state index contributed by atoms with van der Waals surface area (Å²) in [7, 11) is 0. The molecule has 0 aromatic rings. The van der Waals surface area contributed by atoms with Gasteiger partial charge in [0.1, 0.15) is 5.78 Å². The fourth-order valence-corrected chi connectivity index (χ4v) is 3.30. The normalized spacial score (nSPS) is 39.1. The van der Waals surface area contributed by atoms with Crippen LogP contribution in [0.4, 0.5) is 8.78 Å². The highest BCUT2D eigenvalue weighted by molar-refractivity contribution is 5.82. The number of halogens is 2. The molecule has 0 radical (unpaired) electrons. The first kappa shape index (κ1) is 11.0. The van der Waals surface area contributed by atoms with E-state index >= 15 is 0 Å². The molecule has 2 saturated heterocycles. The molecule has 0 N–H and O–H groups in total. The van der Waals surface area contributed by atoms with Crippen LogP contribution >= 0.6 is 0 Å². The van der Waals surface area contributed by atoms with Crippen molar-refractivity contribution in [3.05, 3.63) is 0 Å². The predicted molar refractivity (Wildman–Crippen MR) is 53.0 cm³/mol. The van der Waals surface area contributed by atoms with Gasteiger partial charge in [-0.1, -0.05) is 0 Å². The van der Waals surface area contributed by atoms with Gasteiger partial charge in [-0.15, -0.1) is 0 Å². The van der Waals surface area contributed by atoms with E-state index < -0.39 is 17.0 Å². The smallest absolute Gasteiger partial charge is 0.262 e. The van der Waals surface area contributed by atoms with Gasteiger partial charge in [0.15, 0.2) is 0 Å². The molecule has 15 heavy (non-hydrogen) atoms. The highest BCUT2D eigenvalue weighted by Gasteiger charge is 2.59. The molecule has 2 rings (SSSR count). The Bertz CT molecular complexity index is 314. The molecule has 4 heteroatoms. The summed E-state index contributed by atoms with van der Waals surface area (Å²) in [5.41, 5.74) is -1.06. The number of ketones is 1. The maximum absolute atomic E-state index is 13.4. The van der Waals surface area contributed by atoms with Crippen LogP contribution in [0.25, 0.3) is 0 Å². The summed E-state index contributed by atoms with van der Waals surface area (Å²) < 4.78 is 26.8. The van der Waals surface area contributed by atoms with Crippen molar-refractivity contribution in [2.24, 2.45) is 0 Å². The molecule has 0 aliphatic carbocycles. The van der Waals surface area contributed by atoms with Crippen LogP contribution in [-0.2, 0) is 4.79 Å². The van der Waals surface area contributed by atoms with Crippen molar-refractivity contribution in [2.45, 2.75) is 57.0 Å². The third-order valence-corrected chi connectivity index (χ3v) is 3.62. The average molecular weight is 217 g/mol. The topological polar surface area (TPSA) is 20.3 Å². The molecule has 1 atom stereocenters. The van der Waals surface area contributed by atoms with Crippen molar-refractivity contribution < 1.29 is 13.6 Å². The Kier molecular flexibility index (Phi) is 2.04. The van der Waals surface area contributed by atoms with Crippen LogP contribution in [0.2, 0.25) is 0 Å². The lowest BCUT2D eigenvalue weighted by Gasteiger charge is -2.49. The number of carbonyl (C=O) groups excluding carboxylic acids is 1. The van der Waals surface area contributed by atoms with Crippen molar-refractivity contribution in [3.63, 3.8) is 0 Å². The predicted octanol–water partition coefficient (Wildman–Crippen LogP) is 2.23. The molecule has 2 heterocycles. The zero-order valence-electron chi connectivity index (χ0n) is 9.44. The van der Waals surface area contributed by atoms with Gasteiger partial charge in [-0.25, -0.2) is 8.78 Å². The summed E-state index contributed by atoms with van der Waals surface area (Å²) in [4.78, 5) is 13.4. The second kappa shape index (κ2) is 2.78. The summed E-state index contributed by atoms with van der Waals surface area (Å²) >= 11 is 0. The molecule has 0 amide bonds. The Balaban J connectivity index is 2.36. The van der Waals surface area contributed by atoms with Crippen molar-refractivity contribution in [3.8, 4) is 0 Å². The molecule has 86 valence electrons. The van der Waals surface area contributed by atoms with Crippen LogP contribution in [0.15, 0.2) is 0 Å². The number of hydrogen-bond acceptors (Lipinski definition) is 2. The number of carbonyl (C=O) groups is 1. The van der Waals surface area contributed by atoms with Gasteiger partial charge in [-0.2, -0.15) is 0 Å². The molecular formula is C11H17F2NO. The molecule has 2 aliphatic rings. The largest absolute Gasteiger partial charge is 0.300 e. The first-order valence-corrected chi connectivity index (χ1v) is 5.32.